The van der Waals surface area contributed by atoms with Gasteiger partial charge < -0.3 is 14.8 Å². The van der Waals surface area contributed by atoms with E-state index in [4.69, 9.17) is 9.47 Å². The topological polar surface area (TPSA) is 30.5 Å². The van der Waals surface area contributed by atoms with E-state index in [0.717, 1.165) is 32.8 Å². The van der Waals surface area contributed by atoms with Crippen LogP contribution in [0.15, 0.2) is 0 Å². The first-order valence-corrected chi connectivity index (χ1v) is 6.47. The normalized spacial score (nSPS) is 23.8. The van der Waals surface area contributed by atoms with Crippen molar-refractivity contribution in [2.24, 2.45) is 5.41 Å². The van der Waals surface area contributed by atoms with E-state index in [1.807, 2.05) is 0 Å². The van der Waals surface area contributed by atoms with Gasteiger partial charge in [0, 0.05) is 32.9 Å². The molecule has 1 aliphatic carbocycles. The van der Waals surface area contributed by atoms with Crippen LogP contribution in [-0.4, -0.2) is 39.5 Å². The van der Waals surface area contributed by atoms with Crippen molar-refractivity contribution in [3.05, 3.63) is 0 Å². The Morgan fingerprint density at radius 3 is 2.69 bits per heavy atom. The number of hydrogen-bond donors (Lipinski definition) is 1. The first-order valence-electron chi connectivity index (χ1n) is 6.47. The van der Waals surface area contributed by atoms with Crippen LogP contribution >= 0.6 is 0 Å². The molecule has 1 fully saturated rings. The number of methoxy groups -OCH3 is 1. The zero-order valence-electron chi connectivity index (χ0n) is 11.1. The van der Waals surface area contributed by atoms with Crippen molar-refractivity contribution in [1.82, 2.24) is 5.32 Å². The van der Waals surface area contributed by atoms with E-state index in [-0.39, 0.29) is 0 Å². The second-order valence-corrected chi connectivity index (χ2v) is 5.35. The summed E-state index contributed by atoms with van der Waals surface area (Å²) < 4.78 is 10.5. The Morgan fingerprint density at radius 2 is 2.06 bits per heavy atom. The Kier molecular flexibility index (Phi) is 6.32. The van der Waals surface area contributed by atoms with Crippen molar-refractivity contribution in [3.8, 4) is 0 Å². The van der Waals surface area contributed by atoms with Gasteiger partial charge >= 0.3 is 0 Å². The number of hydrogen-bond acceptors (Lipinski definition) is 3. The zero-order valence-corrected chi connectivity index (χ0v) is 11.1. The van der Waals surface area contributed by atoms with Crippen LogP contribution in [0.1, 0.15) is 39.5 Å². The predicted octanol–water partition coefficient (Wildman–Crippen LogP) is 2.21. The second-order valence-electron chi connectivity index (χ2n) is 5.35. The highest BCUT2D eigenvalue weighted by Gasteiger charge is 2.33. The van der Waals surface area contributed by atoms with Crippen molar-refractivity contribution >= 4 is 0 Å². The van der Waals surface area contributed by atoms with Gasteiger partial charge in [-0.1, -0.05) is 20.3 Å². The smallest absolute Gasteiger partial charge is 0.0591 e. The monoisotopic (exact) mass is 229 g/mol. The fourth-order valence-electron chi connectivity index (χ4n) is 2.42. The minimum absolute atomic E-state index is 0.468. The molecule has 0 aromatic carbocycles. The van der Waals surface area contributed by atoms with Crippen molar-refractivity contribution in [3.63, 3.8) is 0 Å². The number of rotatable bonds is 8. The molecule has 0 saturated heterocycles. The summed E-state index contributed by atoms with van der Waals surface area (Å²) in [6, 6.07) is 0.676. The third-order valence-electron chi connectivity index (χ3n) is 3.53. The van der Waals surface area contributed by atoms with Crippen molar-refractivity contribution in [1.29, 1.82) is 0 Å². The minimum Gasteiger partial charge on any atom is -0.385 e. The largest absolute Gasteiger partial charge is 0.385 e. The fraction of sp³-hybridized carbons (Fsp3) is 1.00. The van der Waals surface area contributed by atoms with Crippen LogP contribution in [0.25, 0.3) is 0 Å². The van der Waals surface area contributed by atoms with Gasteiger partial charge in [-0.3, -0.25) is 0 Å². The lowest BCUT2D eigenvalue weighted by Crippen LogP contribution is -2.39. The molecule has 0 aromatic rings. The van der Waals surface area contributed by atoms with Crippen molar-refractivity contribution in [2.45, 2.75) is 45.6 Å². The van der Waals surface area contributed by atoms with Gasteiger partial charge in [0.2, 0.25) is 0 Å². The lowest BCUT2D eigenvalue weighted by Gasteiger charge is -2.27. The minimum atomic E-state index is 0.468. The van der Waals surface area contributed by atoms with Gasteiger partial charge in [0.15, 0.2) is 0 Å². The van der Waals surface area contributed by atoms with E-state index in [0.29, 0.717) is 11.5 Å². The van der Waals surface area contributed by atoms with Crippen LogP contribution in [0.5, 0.6) is 0 Å². The first-order chi connectivity index (χ1) is 7.67. The quantitative estimate of drug-likeness (QED) is 0.647. The molecule has 0 amide bonds. The Balaban J connectivity index is 1.95. The van der Waals surface area contributed by atoms with Gasteiger partial charge in [-0.25, -0.2) is 0 Å². The molecular formula is C13H27NO2. The molecule has 0 aromatic heterocycles. The summed E-state index contributed by atoms with van der Waals surface area (Å²) in [4.78, 5) is 0. The molecule has 0 bridgehead atoms. The zero-order chi connectivity index (χ0) is 11.9. The molecule has 1 saturated carbocycles. The molecule has 16 heavy (non-hydrogen) atoms. The summed E-state index contributed by atoms with van der Waals surface area (Å²) in [6.07, 6.45) is 5.01. The highest BCUT2D eigenvalue weighted by Crippen LogP contribution is 2.36. The average molecular weight is 229 g/mol. The van der Waals surface area contributed by atoms with Gasteiger partial charge in [0.1, 0.15) is 0 Å². The maximum absolute atomic E-state index is 5.52. The molecule has 1 atom stereocenters. The molecule has 3 nitrogen and oxygen atoms in total. The van der Waals surface area contributed by atoms with Crippen LogP contribution in [0.4, 0.5) is 0 Å². The van der Waals surface area contributed by atoms with Crippen LogP contribution in [0.3, 0.4) is 0 Å². The van der Waals surface area contributed by atoms with Gasteiger partial charge in [0.25, 0.3) is 0 Å². The summed E-state index contributed by atoms with van der Waals surface area (Å²) in [6.45, 7) is 8.11. The molecule has 1 unspecified atom stereocenters. The average Bonchev–Trinajstić information content (AvgIpc) is 2.57. The summed E-state index contributed by atoms with van der Waals surface area (Å²) in [7, 11) is 1.73. The summed E-state index contributed by atoms with van der Waals surface area (Å²) >= 11 is 0. The number of nitrogens with one attached hydrogen (secondary N) is 1. The van der Waals surface area contributed by atoms with Gasteiger partial charge in [-0.05, 0) is 24.7 Å². The fourth-order valence-corrected chi connectivity index (χ4v) is 2.42. The van der Waals surface area contributed by atoms with E-state index in [1.54, 1.807) is 7.11 Å². The van der Waals surface area contributed by atoms with Crippen molar-refractivity contribution < 1.29 is 9.47 Å². The maximum Gasteiger partial charge on any atom is 0.0591 e. The molecule has 96 valence electrons. The van der Waals surface area contributed by atoms with Crippen LogP contribution in [-0.2, 0) is 9.47 Å². The molecule has 1 rings (SSSR count). The van der Waals surface area contributed by atoms with Gasteiger partial charge in [-0.2, -0.15) is 0 Å². The van der Waals surface area contributed by atoms with Crippen molar-refractivity contribution in [2.75, 3.05) is 33.5 Å². The van der Waals surface area contributed by atoms with E-state index < -0.39 is 0 Å². The molecular weight excluding hydrogens is 202 g/mol. The van der Waals surface area contributed by atoms with E-state index in [9.17, 15) is 0 Å². The SMILES string of the molecule is COCCCOCCNC1CCCC1(C)C. The first kappa shape index (κ1) is 13.9. The summed E-state index contributed by atoms with van der Waals surface area (Å²) in [5, 5.41) is 3.61. The summed E-state index contributed by atoms with van der Waals surface area (Å²) in [5.74, 6) is 0. The molecule has 0 spiro atoms. The Labute approximate surface area is 99.9 Å². The molecule has 3 heteroatoms. The van der Waals surface area contributed by atoms with E-state index in [1.165, 1.54) is 19.3 Å². The Hall–Kier alpha value is -0.120. The second kappa shape index (κ2) is 7.25. The highest BCUT2D eigenvalue weighted by atomic mass is 16.5. The third kappa shape index (κ3) is 4.81. The molecule has 0 aliphatic heterocycles. The molecule has 1 N–H and O–H groups in total. The van der Waals surface area contributed by atoms with Gasteiger partial charge in [-0.15, -0.1) is 0 Å². The van der Waals surface area contributed by atoms with E-state index in [2.05, 4.69) is 19.2 Å². The molecule has 0 radical (unpaired) electrons. The molecule has 0 heterocycles. The lowest BCUT2D eigenvalue weighted by molar-refractivity contribution is 0.101. The lowest BCUT2D eigenvalue weighted by atomic mass is 9.87. The maximum atomic E-state index is 5.52. The van der Waals surface area contributed by atoms with Crippen LogP contribution < -0.4 is 5.32 Å². The van der Waals surface area contributed by atoms with Crippen LogP contribution in [0.2, 0.25) is 0 Å². The Morgan fingerprint density at radius 1 is 1.25 bits per heavy atom. The third-order valence-corrected chi connectivity index (χ3v) is 3.53. The van der Waals surface area contributed by atoms with Gasteiger partial charge in [0.05, 0.1) is 6.61 Å². The predicted molar refractivity (Wildman–Crippen MR) is 66.7 cm³/mol. The highest BCUT2D eigenvalue weighted by molar-refractivity contribution is 4.89. The van der Waals surface area contributed by atoms with E-state index >= 15 is 0 Å². The number of ether oxygens (including phenoxy) is 2. The Bertz CT molecular complexity index is 183. The molecule has 1 aliphatic rings. The summed E-state index contributed by atoms with van der Waals surface area (Å²) in [5.41, 5.74) is 0.468. The van der Waals surface area contributed by atoms with Crippen LogP contribution in [0, 0.1) is 5.41 Å². The standard InChI is InChI=1S/C13H27NO2/c1-13(2)7-4-6-12(13)14-8-11-16-10-5-9-15-3/h12,14H,4-11H2,1-3H3.